The minimum absolute atomic E-state index is 0.158. The third-order valence-corrected chi connectivity index (χ3v) is 2.38. The van der Waals surface area contributed by atoms with E-state index in [1.165, 1.54) is 0 Å². The van der Waals surface area contributed by atoms with Crippen LogP contribution in [0.25, 0.3) is 0 Å². The molecule has 0 heterocycles. The van der Waals surface area contributed by atoms with E-state index in [0.29, 0.717) is 12.3 Å². The highest BCUT2D eigenvalue weighted by molar-refractivity contribution is 5.92. The van der Waals surface area contributed by atoms with Crippen LogP contribution in [0.3, 0.4) is 0 Å². The van der Waals surface area contributed by atoms with Crippen LogP contribution in [0.5, 0.6) is 5.75 Å². The zero-order chi connectivity index (χ0) is 14.3. The summed E-state index contributed by atoms with van der Waals surface area (Å²) >= 11 is 0. The van der Waals surface area contributed by atoms with Gasteiger partial charge in [0.1, 0.15) is 12.3 Å². The van der Waals surface area contributed by atoms with E-state index in [-0.39, 0.29) is 6.54 Å². The summed E-state index contributed by atoms with van der Waals surface area (Å²) in [7, 11) is 1.58. The van der Waals surface area contributed by atoms with Crippen molar-refractivity contribution < 1.29 is 19.1 Å². The molecule has 0 aliphatic heterocycles. The summed E-state index contributed by atoms with van der Waals surface area (Å²) in [5.74, 6) is 0.249. The minimum atomic E-state index is -0.468. The third-order valence-electron chi connectivity index (χ3n) is 2.38. The van der Waals surface area contributed by atoms with Crippen molar-refractivity contribution in [3.8, 4) is 5.75 Å². The molecular formula is C13H18N2O4. The van der Waals surface area contributed by atoms with Crippen molar-refractivity contribution in [3.05, 3.63) is 23.8 Å². The second-order valence-electron chi connectivity index (χ2n) is 3.79. The van der Waals surface area contributed by atoms with E-state index in [1.54, 1.807) is 32.2 Å². The fraction of sp³-hybridized carbons (Fsp3) is 0.385. The van der Waals surface area contributed by atoms with Crippen LogP contribution in [-0.2, 0) is 9.53 Å². The molecular weight excluding hydrogens is 248 g/mol. The van der Waals surface area contributed by atoms with Gasteiger partial charge in [0, 0.05) is 5.69 Å². The normalized spacial score (nSPS) is 9.63. The Morgan fingerprint density at radius 1 is 1.32 bits per heavy atom. The number of benzene rings is 1. The number of ether oxygens (including phenoxy) is 2. The van der Waals surface area contributed by atoms with E-state index in [1.807, 2.05) is 6.92 Å². The highest BCUT2D eigenvalue weighted by Crippen LogP contribution is 2.20. The van der Waals surface area contributed by atoms with Crippen molar-refractivity contribution in [3.63, 3.8) is 0 Å². The maximum absolute atomic E-state index is 11.6. The molecule has 2 amide bonds. The Morgan fingerprint density at radius 3 is 2.63 bits per heavy atom. The van der Waals surface area contributed by atoms with Crippen LogP contribution >= 0.6 is 0 Å². The second-order valence-corrected chi connectivity index (χ2v) is 3.79. The number of hydrogen-bond acceptors (Lipinski definition) is 4. The molecule has 0 saturated carbocycles. The summed E-state index contributed by atoms with van der Waals surface area (Å²) in [5.41, 5.74) is 1.52. The standard InChI is InChI=1S/C13H18N2O4/c1-4-19-12(16)8-14-13(17)15-11-6-5-10(18-3)7-9(11)2/h5-7H,4,8H2,1-3H3,(H2,14,15,17). The molecule has 0 aromatic heterocycles. The molecule has 19 heavy (non-hydrogen) atoms. The van der Waals surface area contributed by atoms with Gasteiger partial charge in [-0.3, -0.25) is 4.79 Å². The number of methoxy groups -OCH3 is 1. The smallest absolute Gasteiger partial charge is 0.325 e. The van der Waals surface area contributed by atoms with Gasteiger partial charge in [-0.2, -0.15) is 0 Å². The van der Waals surface area contributed by atoms with E-state index in [0.717, 1.165) is 11.3 Å². The largest absolute Gasteiger partial charge is 0.497 e. The summed E-state index contributed by atoms with van der Waals surface area (Å²) in [4.78, 5) is 22.6. The maximum atomic E-state index is 11.6. The Kier molecular flexibility index (Phi) is 5.66. The Labute approximate surface area is 112 Å². The van der Waals surface area contributed by atoms with Crippen LogP contribution in [-0.4, -0.2) is 32.3 Å². The van der Waals surface area contributed by atoms with Gasteiger partial charge in [0.05, 0.1) is 13.7 Å². The quantitative estimate of drug-likeness (QED) is 0.795. The van der Waals surface area contributed by atoms with Crippen LogP contribution in [0.4, 0.5) is 10.5 Å². The molecule has 0 unspecified atom stereocenters. The molecule has 0 atom stereocenters. The van der Waals surface area contributed by atoms with Gasteiger partial charge < -0.3 is 20.1 Å². The molecule has 1 aromatic carbocycles. The van der Waals surface area contributed by atoms with Gasteiger partial charge in [0.15, 0.2) is 0 Å². The molecule has 0 aliphatic rings. The van der Waals surface area contributed by atoms with Crippen LogP contribution in [0.15, 0.2) is 18.2 Å². The summed E-state index contributed by atoms with van der Waals surface area (Å²) in [6.07, 6.45) is 0. The number of amides is 2. The Hall–Kier alpha value is -2.24. The van der Waals surface area contributed by atoms with Crippen LogP contribution in [0.1, 0.15) is 12.5 Å². The first-order valence-corrected chi connectivity index (χ1v) is 5.92. The highest BCUT2D eigenvalue weighted by Gasteiger charge is 2.07. The number of rotatable bonds is 5. The van der Waals surface area contributed by atoms with Crippen LogP contribution < -0.4 is 15.4 Å². The molecule has 2 N–H and O–H groups in total. The van der Waals surface area contributed by atoms with Gasteiger partial charge >= 0.3 is 12.0 Å². The average Bonchev–Trinajstić information content (AvgIpc) is 2.39. The van der Waals surface area contributed by atoms with E-state index < -0.39 is 12.0 Å². The number of urea groups is 1. The Bertz CT molecular complexity index is 460. The number of nitrogens with one attached hydrogen (secondary N) is 2. The molecule has 0 bridgehead atoms. The Morgan fingerprint density at radius 2 is 2.05 bits per heavy atom. The monoisotopic (exact) mass is 266 g/mol. The third kappa shape index (κ3) is 4.87. The molecule has 0 spiro atoms. The molecule has 1 rings (SSSR count). The van der Waals surface area contributed by atoms with E-state index in [2.05, 4.69) is 10.6 Å². The van der Waals surface area contributed by atoms with Crippen molar-refractivity contribution in [2.45, 2.75) is 13.8 Å². The summed E-state index contributed by atoms with van der Waals surface area (Å²) in [6, 6.07) is 4.83. The highest BCUT2D eigenvalue weighted by atomic mass is 16.5. The van der Waals surface area contributed by atoms with E-state index in [4.69, 9.17) is 9.47 Å². The predicted octanol–water partition coefficient (Wildman–Crippen LogP) is 1.69. The summed E-state index contributed by atoms with van der Waals surface area (Å²) in [6.45, 7) is 3.69. The zero-order valence-corrected chi connectivity index (χ0v) is 11.3. The molecule has 0 aliphatic carbocycles. The van der Waals surface area contributed by atoms with Gasteiger partial charge in [-0.05, 0) is 37.6 Å². The van der Waals surface area contributed by atoms with Crippen molar-refractivity contribution >= 4 is 17.7 Å². The molecule has 0 saturated heterocycles. The van der Waals surface area contributed by atoms with Gasteiger partial charge in [-0.1, -0.05) is 0 Å². The van der Waals surface area contributed by atoms with Gasteiger partial charge in [0.25, 0.3) is 0 Å². The Balaban J connectivity index is 2.50. The SMILES string of the molecule is CCOC(=O)CNC(=O)Nc1ccc(OC)cc1C. The van der Waals surface area contributed by atoms with Crippen molar-refractivity contribution in [2.75, 3.05) is 25.6 Å². The van der Waals surface area contributed by atoms with Gasteiger partial charge in [0.2, 0.25) is 0 Å². The lowest BCUT2D eigenvalue weighted by Gasteiger charge is -2.10. The lowest BCUT2D eigenvalue weighted by atomic mass is 10.2. The molecule has 6 heteroatoms. The molecule has 6 nitrogen and oxygen atoms in total. The predicted molar refractivity (Wildman–Crippen MR) is 71.4 cm³/mol. The minimum Gasteiger partial charge on any atom is -0.497 e. The van der Waals surface area contributed by atoms with Crippen LogP contribution in [0, 0.1) is 6.92 Å². The molecule has 0 fully saturated rings. The summed E-state index contributed by atoms with van der Waals surface area (Å²) < 4.78 is 9.77. The second kappa shape index (κ2) is 7.25. The number of anilines is 1. The first-order valence-electron chi connectivity index (χ1n) is 5.92. The van der Waals surface area contributed by atoms with Crippen LogP contribution in [0.2, 0.25) is 0 Å². The topological polar surface area (TPSA) is 76.7 Å². The first kappa shape index (κ1) is 14.8. The number of carbonyl (C=O) groups excluding carboxylic acids is 2. The van der Waals surface area contributed by atoms with Gasteiger partial charge in [-0.15, -0.1) is 0 Å². The van der Waals surface area contributed by atoms with Crippen molar-refractivity contribution in [2.24, 2.45) is 0 Å². The molecule has 104 valence electrons. The lowest BCUT2D eigenvalue weighted by molar-refractivity contribution is -0.141. The van der Waals surface area contributed by atoms with E-state index >= 15 is 0 Å². The summed E-state index contributed by atoms with van der Waals surface area (Å²) in [5, 5.41) is 5.06. The number of aryl methyl sites for hydroxylation is 1. The van der Waals surface area contributed by atoms with Gasteiger partial charge in [-0.25, -0.2) is 4.79 Å². The lowest BCUT2D eigenvalue weighted by Crippen LogP contribution is -2.34. The van der Waals surface area contributed by atoms with E-state index in [9.17, 15) is 9.59 Å². The zero-order valence-electron chi connectivity index (χ0n) is 11.3. The van der Waals surface area contributed by atoms with Crippen molar-refractivity contribution in [1.29, 1.82) is 0 Å². The fourth-order valence-electron chi connectivity index (χ4n) is 1.43. The average molecular weight is 266 g/mol. The molecule has 1 aromatic rings. The number of hydrogen-bond donors (Lipinski definition) is 2. The number of esters is 1. The van der Waals surface area contributed by atoms with Crippen molar-refractivity contribution in [1.82, 2.24) is 5.32 Å². The fourth-order valence-corrected chi connectivity index (χ4v) is 1.43. The maximum Gasteiger partial charge on any atom is 0.325 e. The first-order chi connectivity index (χ1) is 9.06. The number of carbonyl (C=O) groups is 2. The molecule has 0 radical (unpaired) electrons.